The van der Waals surface area contributed by atoms with Crippen LogP contribution in [0, 0.1) is 0 Å². The molecule has 1 aromatic carbocycles. The number of likely N-dealkylation sites (tertiary alicyclic amines) is 1. The van der Waals surface area contributed by atoms with Gasteiger partial charge in [-0.3, -0.25) is 4.79 Å². The van der Waals surface area contributed by atoms with Crippen molar-refractivity contribution in [2.75, 3.05) is 25.9 Å². The normalized spacial score (nSPS) is 19.4. The van der Waals surface area contributed by atoms with E-state index in [-0.39, 0.29) is 12.0 Å². The van der Waals surface area contributed by atoms with Crippen molar-refractivity contribution in [3.63, 3.8) is 0 Å². The first-order chi connectivity index (χ1) is 9.19. The lowest BCUT2D eigenvalue weighted by Gasteiger charge is -2.32. The first-order valence-electron chi connectivity index (χ1n) is 6.84. The van der Waals surface area contributed by atoms with Crippen LogP contribution in [0.15, 0.2) is 24.3 Å². The number of piperidine rings is 1. The van der Waals surface area contributed by atoms with Gasteiger partial charge in [0.2, 0.25) is 5.91 Å². The summed E-state index contributed by atoms with van der Waals surface area (Å²) in [5.74, 6) is 0.221. The summed E-state index contributed by atoms with van der Waals surface area (Å²) in [6.45, 7) is 1.59. The van der Waals surface area contributed by atoms with E-state index in [9.17, 15) is 4.79 Å². The number of benzene rings is 1. The van der Waals surface area contributed by atoms with Crippen molar-refractivity contribution in [2.24, 2.45) is 0 Å². The standard InChI is InChI=1S/C15H22N2O2/c1-19-14-3-2-10-17(11-14)15(18)9-6-12-4-7-13(16)8-5-12/h4-5,7-8,14H,2-3,6,9-11,16H2,1H3. The third-order valence-corrected chi connectivity index (χ3v) is 3.67. The van der Waals surface area contributed by atoms with Gasteiger partial charge in [0.1, 0.15) is 0 Å². The summed E-state index contributed by atoms with van der Waals surface area (Å²) in [7, 11) is 1.72. The highest BCUT2D eigenvalue weighted by Gasteiger charge is 2.22. The van der Waals surface area contributed by atoms with E-state index in [4.69, 9.17) is 10.5 Å². The lowest BCUT2D eigenvalue weighted by molar-refractivity contribution is -0.134. The lowest BCUT2D eigenvalue weighted by Crippen LogP contribution is -2.42. The fraction of sp³-hybridized carbons (Fsp3) is 0.533. The summed E-state index contributed by atoms with van der Waals surface area (Å²) >= 11 is 0. The first kappa shape index (κ1) is 13.9. The van der Waals surface area contributed by atoms with Crippen LogP contribution in [0.1, 0.15) is 24.8 Å². The summed E-state index contributed by atoms with van der Waals surface area (Å²) in [4.78, 5) is 14.1. The summed E-state index contributed by atoms with van der Waals surface area (Å²) in [5, 5.41) is 0. The van der Waals surface area contributed by atoms with Crippen molar-refractivity contribution in [1.29, 1.82) is 0 Å². The quantitative estimate of drug-likeness (QED) is 0.842. The van der Waals surface area contributed by atoms with Gasteiger partial charge in [-0.1, -0.05) is 12.1 Å². The number of aryl methyl sites for hydroxylation is 1. The molecule has 1 aliphatic heterocycles. The van der Waals surface area contributed by atoms with E-state index in [0.29, 0.717) is 6.42 Å². The van der Waals surface area contributed by atoms with Gasteiger partial charge >= 0.3 is 0 Å². The van der Waals surface area contributed by atoms with Crippen LogP contribution in [0.25, 0.3) is 0 Å². The fourth-order valence-corrected chi connectivity index (χ4v) is 2.45. The number of hydrogen-bond donors (Lipinski definition) is 1. The van der Waals surface area contributed by atoms with Crippen molar-refractivity contribution in [2.45, 2.75) is 31.8 Å². The van der Waals surface area contributed by atoms with Crippen LogP contribution in [0.3, 0.4) is 0 Å². The molecule has 1 fully saturated rings. The van der Waals surface area contributed by atoms with Crippen LogP contribution in [0.5, 0.6) is 0 Å². The Balaban J connectivity index is 1.82. The molecule has 1 aliphatic rings. The number of methoxy groups -OCH3 is 1. The Morgan fingerprint density at radius 2 is 2.16 bits per heavy atom. The van der Waals surface area contributed by atoms with Crippen molar-refractivity contribution in [3.05, 3.63) is 29.8 Å². The number of nitrogen functional groups attached to an aromatic ring is 1. The maximum absolute atomic E-state index is 12.1. The van der Waals surface area contributed by atoms with Crippen LogP contribution in [-0.2, 0) is 16.0 Å². The molecule has 104 valence electrons. The smallest absolute Gasteiger partial charge is 0.222 e. The summed E-state index contributed by atoms with van der Waals surface area (Å²) < 4.78 is 5.34. The molecule has 0 radical (unpaired) electrons. The fourth-order valence-electron chi connectivity index (χ4n) is 2.45. The molecule has 4 heteroatoms. The first-order valence-corrected chi connectivity index (χ1v) is 6.84. The van der Waals surface area contributed by atoms with Gasteiger partial charge in [-0.2, -0.15) is 0 Å². The summed E-state index contributed by atoms with van der Waals surface area (Å²) in [6.07, 6.45) is 3.62. The molecule has 4 nitrogen and oxygen atoms in total. The van der Waals surface area contributed by atoms with E-state index in [0.717, 1.165) is 43.6 Å². The van der Waals surface area contributed by atoms with Crippen LogP contribution in [0.2, 0.25) is 0 Å². The maximum atomic E-state index is 12.1. The SMILES string of the molecule is COC1CCCN(C(=O)CCc2ccc(N)cc2)C1. The molecular weight excluding hydrogens is 240 g/mol. The van der Waals surface area contributed by atoms with Gasteiger partial charge in [0.05, 0.1) is 6.10 Å². The number of carbonyl (C=O) groups is 1. The molecule has 0 spiro atoms. The summed E-state index contributed by atoms with van der Waals surface area (Å²) in [5.41, 5.74) is 7.55. The molecule has 1 atom stereocenters. The van der Waals surface area contributed by atoms with Crippen LogP contribution in [0.4, 0.5) is 5.69 Å². The predicted octanol–water partition coefficient (Wildman–Crippen LogP) is 1.84. The van der Waals surface area contributed by atoms with Gasteiger partial charge in [-0.05, 0) is 37.0 Å². The Bertz CT molecular complexity index is 417. The van der Waals surface area contributed by atoms with Crippen molar-refractivity contribution < 1.29 is 9.53 Å². The Hall–Kier alpha value is -1.55. The van der Waals surface area contributed by atoms with Crippen LogP contribution >= 0.6 is 0 Å². The van der Waals surface area contributed by atoms with Gasteiger partial charge in [-0.25, -0.2) is 0 Å². The number of ether oxygens (including phenoxy) is 1. The highest BCUT2D eigenvalue weighted by molar-refractivity contribution is 5.76. The number of carbonyl (C=O) groups excluding carboxylic acids is 1. The second kappa shape index (κ2) is 6.57. The number of hydrogen-bond acceptors (Lipinski definition) is 3. The molecule has 1 saturated heterocycles. The molecule has 1 unspecified atom stereocenters. The average Bonchev–Trinajstić information content (AvgIpc) is 2.46. The number of rotatable bonds is 4. The number of anilines is 1. The molecule has 0 bridgehead atoms. The molecule has 2 rings (SSSR count). The highest BCUT2D eigenvalue weighted by atomic mass is 16.5. The molecular formula is C15H22N2O2. The van der Waals surface area contributed by atoms with E-state index in [1.807, 2.05) is 29.2 Å². The Kier molecular flexibility index (Phi) is 4.80. The topological polar surface area (TPSA) is 55.6 Å². The molecule has 0 saturated carbocycles. The number of amides is 1. The number of nitrogens with zero attached hydrogens (tertiary/aromatic N) is 1. The van der Waals surface area contributed by atoms with Gasteiger partial charge < -0.3 is 15.4 Å². The van der Waals surface area contributed by atoms with E-state index in [1.165, 1.54) is 0 Å². The third-order valence-electron chi connectivity index (χ3n) is 3.67. The van der Waals surface area contributed by atoms with E-state index in [1.54, 1.807) is 7.11 Å². The Labute approximate surface area is 114 Å². The molecule has 1 amide bonds. The Morgan fingerprint density at radius 1 is 1.42 bits per heavy atom. The molecule has 1 aromatic rings. The van der Waals surface area contributed by atoms with E-state index >= 15 is 0 Å². The Morgan fingerprint density at radius 3 is 2.84 bits per heavy atom. The van der Waals surface area contributed by atoms with Gasteiger partial charge in [-0.15, -0.1) is 0 Å². The van der Waals surface area contributed by atoms with E-state index < -0.39 is 0 Å². The predicted molar refractivity (Wildman–Crippen MR) is 75.8 cm³/mol. The minimum atomic E-state index is 0.203. The van der Waals surface area contributed by atoms with Gasteiger partial charge in [0, 0.05) is 32.3 Å². The molecule has 19 heavy (non-hydrogen) atoms. The zero-order valence-corrected chi connectivity index (χ0v) is 11.5. The van der Waals surface area contributed by atoms with E-state index in [2.05, 4.69) is 0 Å². The second-order valence-corrected chi connectivity index (χ2v) is 5.08. The average molecular weight is 262 g/mol. The number of nitrogens with two attached hydrogens (primary N) is 1. The van der Waals surface area contributed by atoms with Gasteiger partial charge in [0.25, 0.3) is 0 Å². The molecule has 0 aromatic heterocycles. The third kappa shape index (κ3) is 3.96. The second-order valence-electron chi connectivity index (χ2n) is 5.08. The zero-order valence-electron chi connectivity index (χ0n) is 11.5. The minimum absolute atomic E-state index is 0.203. The summed E-state index contributed by atoms with van der Waals surface area (Å²) in [6, 6.07) is 7.72. The van der Waals surface area contributed by atoms with Gasteiger partial charge in [0.15, 0.2) is 0 Å². The van der Waals surface area contributed by atoms with Crippen molar-refractivity contribution >= 4 is 11.6 Å². The monoisotopic (exact) mass is 262 g/mol. The minimum Gasteiger partial charge on any atom is -0.399 e. The maximum Gasteiger partial charge on any atom is 0.222 e. The van der Waals surface area contributed by atoms with Crippen molar-refractivity contribution in [3.8, 4) is 0 Å². The van der Waals surface area contributed by atoms with Crippen LogP contribution in [-0.4, -0.2) is 37.1 Å². The van der Waals surface area contributed by atoms with Crippen LogP contribution < -0.4 is 5.73 Å². The largest absolute Gasteiger partial charge is 0.399 e. The zero-order chi connectivity index (χ0) is 13.7. The van der Waals surface area contributed by atoms with Crippen molar-refractivity contribution in [1.82, 2.24) is 4.90 Å². The molecule has 1 heterocycles. The molecule has 2 N–H and O–H groups in total. The highest BCUT2D eigenvalue weighted by Crippen LogP contribution is 2.15. The molecule has 0 aliphatic carbocycles. The lowest BCUT2D eigenvalue weighted by atomic mass is 10.1.